The number of para-hydroxylation sites is 1. The molecule has 1 aliphatic rings. The second-order valence-electron chi connectivity index (χ2n) is 5.62. The van der Waals surface area contributed by atoms with Crippen molar-refractivity contribution in [3.05, 3.63) is 47.0 Å². The van der Waals surface area contributed by atoms with Gasteiger partial charge in [0.2, 0.25) is 5.96 Å². The predicted octanol–water partition coefficient (Wildman–Crippen LogP) is 3.15. The maximum absolute atomic E-state index is 12.6. The van der Waals surface area contributed by atoms with E-state index < -0.39 is 10.0 Å². The number of hydrogen-bond acceptors (Lipinski definition) is 5. The standard InChI is InChI=1S/C17H18ClN3O4S/c1-11-9-14(25-13-6-4-3-5-12(13)18)16-15(10-11)26(22,23)21-17(20-16)19-7-8-24-2/h3-6,9-10H,7-8H2,1-2H3,(H2,19,20,21). The minimum atomic E-state index is -3.77. The van der Waals surface area contributed by atoms with E-state index >= 15 is 0 Å². The van der Waals surface area contributed by atoms with E-state index in [4.69, 9.17) is 21.1 Å². The Labute approximate surface area is 157 Å². The molecule has 9 heteroatoms. The predicted molar refractivity (Wildman–Crippen MR) is 101 cm³/mol. The first-order valence-electron chi connectivity index (χ1n) is 7.81. The van der Waals surface area contributed by atoms with Gasteiger partial charge in [-0.1, -0.05) is 23.7 Å². The number of ether oxygens (including phenoxy) is 2. The van der Waals surface area contributed by atoms with Gasteiger partial charge in [-0.2, -0.15) is 0 Å². The number of anilines is 1. The molecular formula is C17H18ClN3O4S. The quantitative estimate of drug-likeness (QED) is 0.759. The van der Waals surface area contributed by atoms with Crippen LogP contribution in [0.25, 0.3) is 0 Å². The van der Waals surface area contributed by atoms with Gasteiger partial charge in [0.05, 0.1) is 18.2 Å². The van der Waals surface area contributed by atoms with Crippen LogP contribution in [0.5, 0.6) is 11.5 Å². The fraction of sp³-hybridized carbons (Fsp3) is 0.235. The Bertz CT molecular complexity index is 960. The van der Waals surface area contributed by atoms with E-state index in [9.17, 15) is 8.42 Å². The van der Waals surface area contributed by atoms with Crippen molar-refractivity contribution in [2.24, 2.45) is 4.99 Å². The number of fused-ring (bicyclic) bond motifs is 1. The van der Waals surface area contributed by atoms with Crippen LogP contribution in [-0.2, 0) is 14.8 Å². The molecule has 0 aromatic heterocycles. The molecule has 2 N–H and O–H groups in total. The van der Waals surface area contributed by atoms with Gasteiger partial charge in [-0.05, 0) is 36.8 Å². The van der Waals surface area contributed by atoms with E-state index in [-0.39, 0.29) is 10.9 Å². The topological polar surface area (TPSA) is 89.0 Å². The molecular weight excluding hydrogens is 378 g/mol. The summed E-state index contributed by atoms with van der Waals surface area (Å²) in [6.45, 7) is 2.47. The SMILES string of the molecule is COCCN=C1Nc2c(Oc3ccccc3Cl)cc(C)cc2S(=O)(=O)N1. The van der Waals surface area contributed by atoms with Crippen LogP contribution >= 0.6 is 11.6 Å². The van der Waals surface area contributed by atoms with Crippen molar-refractivity contribution in [2.75, 3.05) is 25.6 Å². The maximum atomic E-state index is 12.6. The zero-order valence-electron chi connectivity index (χ0n) is 14.2. The van der Waals surface area contributed by atoms with Gasteiger partial charge in [-0.25, -0.2) is 18.1 Å². The van der Waals surface area contributed by atoms with Crippen LogP contribution in [0.1, 0.15) is 5.56 Å². The first kappa shape index (κ1) is 18.5. The Morgan fingerprint density at radius 3 is 2.69 bits per heavy atom. The lowest BCUT2D eigenvalue weighted by Crippen LogP contribution is -2.41. The zero-order chi connectivity index (χ0) is 18.7. The highest BCUT2D eigenvalue weighted by atomic mass is 35.5. The molecule has 0 radical (unpaired) electrons. The smallest absolute Gasteiger partial charge is 0.266 e. The number of sulfonamides is 1. The molecule has 1 aliphatic heterocycles. The number of guanidine groups is 1. The maximum Gasteiger partial charge on any atom is 0.266 e. The Morgan fingerprint density at radius 1 is 1.19 bits per heavy atom. The number of benzene rings is 2. The molecule has 0 aliphatic carbocycles. The lowest BCUT2D eigenvalue weighted by atomic mass is 10.2. The highest BCUT2D eigenvalue weighted by Crippen LogP contribution is 2.39. The van der Waals surface area contributed by atoms with Crippen molar-refractivity contribution in [3.63, 3.8) is 0 Å². The van der Waals surface area contributed by atoms with Crippen LogP contribution in [0.3, 0.4) is 0 Å². The normalized spacial score (nSPS) is 16.5. The summed E-state index contributed by atoms with van der Waals surface area (Å²) in [6.07, 6.45) is 0. The minimum Gasteiger partial charge on any atom is -0.454 e. The van der Waals surface area contributed by atoms with Gasteiger partial charge in [0.1, 0.15) is 16.3 Å². The molecule has 0 unspecified atom stereocenters. The number of aliphatic imine (C=N–C) groups is 1. The molecule has 26 heavy (non-hydrogen) atoms. The molecule has 0 amide bonds. The highest BCUT2D eigenvalue weighted by Gasteiger charge is 2.30. The van der Waals surface area contributed by atoms with Gasteiger partial charge in [0.25, 0.3) is 10.0 Å². The second kappa shape index (κ2) is 7.53. The van der Waals surface area contributed by atoms with Crippen molar-refractivity contribution in [1.82, 2.24) is 4.72 Å². The van der Waals surface area contributed by atoms with Crippen molar-refractivity contribution in [3.8, 4) is 11.5 Å². The van der Waals surface area contributed by atoms with Gasteiger partial charge in [0.15, 0.2) is 5.75 Å². The summed E-state index contributed by atoms with van der Waals surface area (Å²) in [5, 5.41) is 3.41. The molecule has 0 fully saturated rings. The van der Waals surface area contributed by atoms with Crippen molar-refractivity contribution in [1.29, 1.82) is 0 Å². The van der Waals surface area contributed by atoms with Crippen LogP contribution in [0.15, 0.2) is 46.3 Å². The summed E-state index contributed by atoms with van der Waals surface area (Å²) in [5.41, 5.74) is 1.04. The summed E-state index contributed by atoms with van der Waals surface area (Å²) in [7, 11) is -2.22. The highest BCUT2D eigenvalue weighted by molar-refractivity contribution is 7.90. The van der Waals surface area contributed by atoms with E-state index in [1.807, 2.05) is 0 Å². The monoisotopic (exact) mass is 395 g/mol. The van der Waals surface area contributed by atoms with Crippen LogP contribution in [0.2, 0.25) is 5.02 Å². The van der Waals surface area contributed by atoms with Gasteiger partial charge in [0, 0.05) is 7.11 Å². The van der Waals surface area contributed by atoms with Crippen LogP contribution < -0.4 is 14.8 Å². The average molecular weight is 396 g/mol. The average Bonchev–Trinajstić information content (AvgIpc) is 2.58. The Balaban J connectivity index is 2.05. The molecule has 3 rings (SSSR count). The molecule has 0 saturated carbocycles. The van der Waals surface area contributed by atoms with E-state index in [2.05, 4.69) is 15.0 Å². The number of hydrogen-bond donors (Lipinski definition) is 2. The van der Waals surface area contributed by atoms with E-state index in [0.717, 1.165) is 5.56 Å². The molecule has 0 bridgehead atoms. The van der Waals surface area contributed by atoms with E-state index in [0.29, 0.717) is 35.4 Å². The Hall–Kier alpha value is -2.29. The lowest BCUT2D eigenvalue weighted by molar-refractivity contribution is 0.208. The first-order valence-corrected chi connectivity index (χ1v) is 9.67. The molecule has 1 heterocycles. The molecule has 2 aromatic rings. The largest absolute Gasteiger partial charge is 0.454 e. The van der Waals surface area contributed by atoms with Gasteiger partial charge >= 0.3 is 0 Å². The lowest BCUT2D eigenvalue weighted by Gasteiger charge is -2.24. The number of nitrogens with one attached hydrogen (secondary N) is 2. The van der Waals surface area contributed by atoms with Gasteiger partial charge < -0.3 is 14.8 Å². The van der Waals surface area contributed by atoms with Crippen molar-refractivity contribution >= 4 is 33.3 Å². The third-order valence-corrected chi connectivity index (χ3v) is 5.27. The molecule has 0 saturated heterocycles. The van der Waals surface area contributed by atoms with Gasteiger partial charge in [-0.15, -0.1) is 0 Å². The number of halogens is 1. The summed E-state index contributed by atoms with van der Waals surface area (Å²) < 4.78 is 38.4. The van der Waals surface area contributed by atoms with E-state index in [1.54, 1.807) is 50.4 Å². The minimum absolute atomic E-state index is 0.0882. The first-order chi connectivity index (χ1) is 12.4. The zero-order valence-corrected chi connectivity index (χ0v) is 15.8. The van der Waals surface area contributed by atoms with Gasteiger partial charge in [-0.3, -0.25) is 0 Å². The number of aryl methyl sites for hydroxylation is 1. The number of rotatable bonds is 5. The van der Waals surface area contributed by atoms with Crippen molar-refractivity contribution in [2.45, 2.75) is 11.8 Å². The summed E-state index contributed by atoms with van der Waals surface area (Å²) in [6, 6.07) is 10.3. The van der Waals surface area contributed by atoms with Crippen LogP contribution in [0.4, 0.5) is 5.69 Å². The summed E-state index contributed by atoms with van der Waals surface area (Å²) in [5.74, 6) is 0.887. The molecule has 0 atom stereocenters. The molecule has 138 valence electrons. The van der Waals surface area contributed by atoms with Crippen LogP contribution in [-0.4, -0.2) is 34.6 Å². The third-order valence-electron chi connectivity index (χ3n) is 3.60. The fourth-order valence-electron chi connectivity index (χ4n) is 2.43. The second-order valence-corrected chi connectivity index (χ2v) is 7.68. The molecule has 0 spiro atoms. The summed E-state index contributed by atoms with van der Waals surface area (Å²) in [4.78, 5) is 4.25. The molecule has 7 nitrogen and oxygen atoms in total. The van der Waals surface area contributed by atoms with E-state index in [1.165, 1.54) is 0 Å². The summed E-state index contributed by atoms with van der Waals surface area (Å²) >= 11 is 6.15. The third kappa shape index (κ3) is 3.92. The Morgan fingerprint density at radius 2 is 1.96 bits per heavy atom. The number of nitrogens with zero attached hydrogens (tertiary/aromatic N) is 1. The van der Waals surface area contributed by atoms with Crippen molar-refractivity contribution < 1.29 is 17.9 Å². The molecule has 2 aromatic carbocycles. The number of methoxy groups -OCH3 is 1. The Kier molecular flexibility index (Phi) is 5.36. The fourth-order valence-corrected chi connectivity index (χ4v) is 3.85. The van der Waals surface area contributed by atoms with Crippen LogP contribution in [0, 0.1) is 6.92 Å².